The minimum absolute atomic E-state index is 0.213. The van der Waals surface area contributed by atoms with Crippen LogP contribution in [-0.4, -0.2) is 38.4 Å². The number of ether oxygens (including phenoxy) is 2. The summed E-state index contributed by atoms with van der Waals surface area (Å²) < 4.78 is 12.8. The number of rotatable bonds is 11. The Kier molecular flexibility index (Phi) is 8.22. The molecule has 8 nitrogen and oxygen atoms in total. The van der Waals surface area contributed by atoms with Gasteiger partial charge in [-0.15, -0.1) is 15.3 Å². The zero-order chi connectivity index (χ0) is 27.2. The van der Waals surface area contributed by atoms with Gasteiger partial charge in [0.05, 0.1) is 24.2 Å². The van der Waals surface area contributed by atoms with Gasteiger partial charge in [-0.05, 0) is 47.7 Å². The van der Waals surface area contributed by atoms with Gasteiger partial charge in [0.25, 0.3) is 0 Å². The van der Waals surface area contributed by atoms with Crippen LogP contribution in [0.3, 0.4) is 0 Å². The Morgan fingerprint density at radius 1 is 0.846 bits per heavy atom. The van der Waals surface area contributed by atoms with Crippen molar-refractivity contribution in [3.05, 3.63) is 101 Å². The lowest BCUT2D eigenvalue weighted by atomic mass is 9.96. The van der Waals surface area contributed by atoms with Crippen molar-refractivity contribution >= 4 is 11.3 Å². The zero-order valence-electron chi connectivity index (χ0n) is 23.0. The minimum Gasteiger partial charge on any atom is -0.488 e. The van der Waals surface area contributed by atoms with Crippen LogP contribution in [0.15, 0.2) is 72.8 Å². The van der Waals surface area contributed by atoms with Gasteiger partial charge in [0, 0.05) is 12.6 Å². The summed E-state index contributed by atoms with van der Waals surface area (Å²) in [5.41, 5.74) is 4.99. The van der Waals surface area contributed by atoms with Crippen molar-refractivity contribution in [2.24, 2.45) is 0 Å². The summed E-state index contributed by atoms with van der Waals surface area (Å²) in [5.74, 6) is 2.94. The summed E-state index contributed by atoms with van der Waals surface area (Å²) in [6.45, 7) is 11.2. The van der Waals surface area contributed by atoms with E-state index in [2.05, 4.69) is 66.5 Å². The molecule has 8 heteroatoms. The molecule has 0 amide bonds. The van der Waals surface area contributed by atoms with Gasteiger partial charge in [-0.1, -0.05) is 74.5 Å². The highest BCUT2D eigenvalue weighted by Gasteiger charge is 2.31. The van der Waals surface area contributed by atoms with Crippen molar-refractivity contribution in [2.75, 3.05) is 13.1 Å². The summed E-state index contributed by atoms with van der Waals surface area (Å²) in [4.78, 5) is 7.96. The minimum atomic E-state index is 0.213. The van der Waals surface area contributed by atoms with Crippen LogP contribution < -0.4 is 9.47 Å². The molecule has 1 aliphatic heterocycles. The molecule has 4 aromatic rings. The molecule has 39 heavy (non-hydrogen) atoms. The standard InChI is InChI=1S/C31H35N5O3/c1-5-35-19-27(31-32-34-36(6-2)33-31)30(39-35)26-17-25(22(3)4)28(37-20-23-13-9-7-10-14-23)18-29(26)38-21-24-15-11-8-12-16-24/h7-18,22H,5-6,19-21H2,1-4H3. The Morgan fingerprint density at radius 2 is 1.49 bits per heavy atom. The summed E-state index contributed by atoms with van der Waals surface area (Å²) in [7, 11) is 0. The molecule has 1 aromatic heterocycles. The van der Waals surface area contributed by atoms with Crippen LogP contribution in [0.1, 0.15) is 61.7 Å². The molecule has 0 saturated carbocycles. The molecule has 2 heterocycles. The zero-order valence-corrected chi connectivity index (χ0v) is 23.0. The first-order valence-corrected chi connectivity index (χ1v) is 13.5. The number of hydrogen-bond acceptors (Lipinski definition) is 7. The maximum Gasteiger partial charge on any atom is 0.206 e. The van der Waals surface area contributed by atoms with E-state index < -0.39 is 0 Å². The van der Waals surface area contributed by atoms with E-state index in [0.717, 1.165) is 33.6 Å². The average molecular weight is 526 g/mol. The molecule has 0 bridgehead atoms. The predicted molar refractivity (Wildman–Crippen MR) is 151 cm³/mol. The van der Waals surface area contributed by atoms with Gasteiger partial charge in [-0.25, -0.2) is 0 Å². The molecule has 1 aliphatic rings. The van der Waals surface area contributed by atoms with E-state index in [-0.39, 0.29) is 5.92 Å². The lowest BCUT2D eigenvalue weighted by molar-refractivity contribution is -0.0557. The van der Waals surface area contributed by atoms with Crippen LogP contribution >= 0.6 is 0 Å². The summed E-state index contributed by atoms with van der Waals surface area (Å²) in [6.07, 6.45) is 0. The summed E-state index contributed by atoms with van der Waals surface area (Å²) in [6, 6.07) is 24.4. The van der Waals surface area contributed by atoms with E-state index in [9.17, 15) is 0 Å². The highest BCUT2D eigenvalue weighted by atomic mass is 16.7. The number of tetrazole rings is 1. The highest BCUT2D eigenvalue weighted by molar-refractivity contribution is 5.89. The molecule has 0 atom stereocenters. The van der Waals surface area contributed by atoms with Gasteiger partial charge in [0.2, 0.25) is 5.82 Å². The number of aromatic nitrogens is 4. The van der Waals surface area contributed by atoms with Gasteiger partial charge in [-0.2, -0.15) is 4.80 Å². The molecule has 0 fully saturated rings. The maximum absolute atomic E-state index is 6.47. The molecular formula is C31H35N5O3. The van der Waals surface area contributed by atoms with Crippen molar-refractivity contribution in [3.8, 4) is 11.5 Å². The van der Waals surface area contributed by atoms with Crippen molar-refractivity contribution in [1.82, 2.24) is 25.3 Å². The van der Waals surface area contributed by atoms with Crippen molar-refractivity contribution < 1.29 is 14.3 Å². The van der Waals surface area contributed by atoms with E-state index in [1.807, 2.05) is 54.5 Å². The Hall–Kier alpha value is -4.17. The fourth-order valence-electron chi connectivity index (χ4n) is 4.44. The molecule has 0 saturated heterocycles. The van der Waals surface area contributed by atoms with Crippen LogP contribution in [0.5, 0.6) is 11.5 Å². The number of benzene rings is 3. The number of likely N-dealkylation sites (N-methyl/N-ethyl adjacent to an activating group) is 1. The fourth-order valence-corrected chi connectivity index (χ4v) is 4.44. The highest BCUT2D eigenvalue weighted by Crippen LogP contribution is 2.42. The Morgan fingerprint density at radius 3 is 2.05 bits per heavy atom. The second-order valence-electron chi connectivity index (χ2n) is 9.75. The average Bonchev–Trinajstić information content (AvgIpc) is 3.63. The number of hydroxylamine groups is 2. The third-order valence-corrected chi connectivity index (χ3v) is 6.64. The molecule has 202 valence electrons. The van der Waals surface area contributed by atoms with Gasteiger partial charge < -0.3 is 14.3 Å². The third kappa shape index (κ3) is 6.12. The van der Waals surface area contributed by atoms with E-state index >= 15 is 0 Å². The van der Waals surface area contributed by atoms with Crippen LogP contribution in [0, 0.1) is 0 Å². The molecule has 0 N–H and O–H groups in total. The molecular weight excluding hydrogens is 490 g/mol. The fraction of sp³-hybridized carbons (Fsp3) is 0.323. The lowest BCUT2D eigenvalue weighted by Gasteiger charge is -2.21. The molecule has 5 rings (SSSR count). The van der Waals surface area contributed by atoms with Crippen LogP contribution in [0.25, 0.3) is 11.3 Å². The van der Waals surface area contributed by atoms with Crippen molar-refractivity contribution in [3.63, 3.8) is 0 Å². The smallest absolute Gasteiger partial charge is 0.206 e. The molecule has 0 unspecified atom stereocenters. The Labute approximate surface area is 229 Å². The second-order valence-corrected chi connectivity index (χ2v) is 9.75. The van der Waals surface area contributed by atoms with Crippen molar-refractivity contribution in [1.29, 1.82) is 0 Å². The number of hydrogen-bond donors (Lipinski definition) is 0. The number of nitrogens with zero attached hydrogens (tertiary/aromatic N) is 5. The van der Waals surface area contributed by atoms with Crippen LogP contribution in [0.2, 0.25) is 0 Å². The normalized spacial score (nSPS) is 13.7. The van der Waals surface area contributed by atoms with E-state index in [4.69, 9.17) is 14.3 Å². The van der Waals surface area contributed by atoms with Crippen molar-refractivity contribution in [2.45, 2.75) is 53.4 Å². The van der Waals surface area contributed by atoms with E-state index in [1.165, 1.54) is 0 Å². The quantitative estimate of drug-likeness (QED) is 0.234. The first-order valence-electron chi connectivity index (χ1n) is 13.5. The van der Waals surface area contributed by atoms with Crippen LogP contribution in [0.4, 0.5) is 0 Å². The van der Waals surface area contributed by atoms with Crippen LogP contribution in [-0.2, 0) is 24.6 Å². The largest absolute Gasteiger partial charge is 0.488 e. The molecule has 0 radical (unpaired) electrons. The third-order valence-electron chi connectivity index (χ3n) is 6.64. The lowest BCUT2D eigenvalue weighted by Crippen LogP contribution is -2.18. The topological polar surface area (TPSA) is 74.5 Å². The molecule has 0 aliphatic carbocycles. The van der Waals surface area contributed by atoms with E-state index in [0.29, 0.717) is 50.2 Å². The molecule has 3 aromatic carbocycles. The Balaban J connectivity index is 1.59. The number of aryl methyl sites for hydroxylation is 1. The summed E-state index contributed by atoms with van der Waals surface area (Å²) >= 11 is 0. The maximum atomic E-state index is 6.47. The van der Waals surface area contributed by atoms with Gasteiger partial charge >= 0.3 is 0 Å². The Bertz CT molecular complexity index is 1420. The van der Waals surface area contributed by atoms with E-state index in [1.54, 1.807) is 4.80 Å². The summed E-state index contributed by atoms with van der Waals surface area (Å²) in [5, 5.41) is 15.0. The first kappa shape index (κ1) is 26.4. The monoisotopic (exact) mass is 525 g/mol. The first-order chi connectivity index (χ1) is 19.1. The SMILES string of the molecule is CCN1CC(c2nnn(CC)n2)=C(c2cc(C(C)C)c(OCc3ccccc3)cc2OCc2ccccc2)O1. The van der Waals surface area contributed by atoms with Gasteiger partial charge in [0.15, 0.2) is 5.76 Å². The van der Waals surface area contributed by atoms with Gasteiger partial charge in [-0.3, -0.25) is 0 Å². The predicted octanol–water partition coefficient (Wildman–Crippen LogP) is 6.11. The molecule has 0 spiro atoms. The second kappa shape index (κ2) is 12.1. The van der Waals surface area contributed by atoms with Gasteiger partial charge in [0.1, 0.15) is 24.7 Å².